The normalized spacial score (nSPS) is 19.4. The molecule has 0 radical (unpaired) electrons. The van der Waals surface area contributed by atoms with Crippen molar-refractivity contribution in [3.63, 3.8) is 0 Å². The third kappa shape index (κ3) is 3.50. The first-order chi connectivity index (χ1) is 13.8. The Kier molecular flexibility index (Phi) is 4.84. The molecule has 1 aliphatic carbocycles. The second kappa shape index (κ2) is 7.21. The molecular weight excluding hydrogens is 405 g/mol. The summed E-state index contributed by atoms with van der Waals surface area (Å²) in [5.41, 5.74) is 5.63. The maximum atomic E-state index is 13.6. The molecular formula is C19H16ClF3N6. The lowest BCUT2D eigenvalue weighted by molar-refractivity contribution is -0.137. The summed E-state index contributed by atoms with van der Waals surface area (Å²) >= 11 is 6.20. The van der Waals surface area contributed by atoms with Crippen molar-refractivity contribution in [3.05, 3.63) is 40.7 Å². The molecule has 4 rings (SSSR count). The van der Waals surface area contributed by atoms with E-state index in [-0.39, 0.29) is 39.9 Å². The summed E-state index contributed by atoms with van der Waals surface area (Å²) in [6.45, 7) is 0. The number of nitriles is 1. The number of nitrogens with zero attached hydrogens (tertiary/aromatic N) is 3. The fourth-order valence-corrected chi connectivity index (χ4v) is 3.91. The Labute approximate surface area is 168 Å². The number of aromatic nitrogens is 3. The number of H-pyrrole nitrogens is 1. The molecule has 10 heteroatoms. The molecule has 2 aromatic heterocycles. The summed E-state index contributed by atoms with van der Waals surface area (Å²) < 4.78 is 40.9. The molecule has 0 saturated heterocycles. The molecule has 1 saturated carbocycles. The molecule has 0 aliphatic heterocycles. The lowest BCUT2D eigenvalue weighted by Crippen LogP contribution is -2.35. The lowest BCUT2D eigenvalue weighted by atomic mass is 10.0. The van der Waals surface area contributed by atoms with Crippen LogP contribution in [0.4, 0.5) is 19.1 Å². The number of rotatable bonds is 3. The van der Waals surface area contributed by atoms with Gasteiger partial charge in [0.05, 0.1) is 21.8 Å². The highest BCUT2D eigenvalue weighted by molar-refractivity contribution is 6.36. The fourth-order valence-electron chi connectivity index (χ4n) is 3.64. The fraction of sp³-hybridized carbons (Fsp3) is 0.316. The van der Waals surface area contributed by atoms with Crippen molar-refractivity contribution in [1.82, 2.24) is 15.0 Å². The minimum Gasteiger partial charge on any atom is -0.359 e. The van der Waals surface area contributed by atoms with Crippen molar-refractivity contribution in [3.8, 4) is 17.3 Å². The molecule has 0 amide bonds. The van der Waals surface area contributed by atoms with Crippen LogP contribution >= 0.6 is 11.6 Å². The largest absolute Gasteiger partial charge is 0.419 e. The van der Waals surface area contributed by atoms with E-state index in [1.54, 1.807) is 6.07 Å². The Morgan fingerprint density at radius 2 is 2.10 bits per heavy atom. The average molecular weight is 421 g/mol. The number of nitrogens with two attached hydrogens (primary N) is 1. The summed E-state index contributed by atoms with van der Waals surface area (Å²) in [5, 5.41) is 12.7. The average Bonchev–Trinajstić information content (AvgIpc) is 3.28. The van der Waals surface area contributed by atoms with Gasteiger partial charge < -0.3 is 16.0 Å². The van der Waals surface area contributed by atoms with E-state index >= 15 is 0 Å². The molecule has 1 aromatic carbocycles. The number of aromatic amines is 1. The minimum atomic E-state index is -4.64. The van der Waals surface area contributed by atoms with Crippen LogP contribution in [-0.2, 0) is 6.18 Å². The van der Waals surface area contributed by atoms with Crippen LogP contribution in [0.15, 0.2) is 24.5 Å². The van der Waals surface area contributed by atoms with Crippen molar-refractivity contribution >= 4 is 28.5 Å². The Hall–Kier alpha value is -2.83. The highest BCUT2D eigenvalue weighted by Crippen LogP contribution is 2.40. The summed E-state index contributed by atoms with van der Waals surface area (Å²) in [6.07, 6.45) is 0.121. The van der Waals surface area contributed by atoms with Crippen molar-refractivity contribution in [2.45, 2.75) is 37.5 Å². The van der Waals surface area contributed by atoms with Crippen molar-refractivity contribution < 1.29 is 13.2 Å². The van der Waals surface area contributed by atoms with Gasteiger partial charge >= 0.3 is 6.18 Å². The van der Waals surface area contributed by atoms with Crippen LogP contribution in [0, 0.1) is 11.3 Å². The topological polar surface area (TPSA) is 103 Å². The van der Waals surface area contributed by atoms with E-state index in [0.717, 1.165) is 25.5 Å². The van der Waals surface area contributed by atoms with Gasteiger partial charge in [-0.25, -0.2) is 9.97 Å². The third-order valence-electron chi connectivity index (χ3n) is 5.15. The van der Waals surface area contributed by atoms with Gasteiger partial charge in [0.1, 0.15) is 11.6 Å². The predicted molar refractivity (Wildman–Crippen MR) is 103 cm³/mol. The predicted octanol–water partition coefficient (Wildman–Crippen LogP) is 4.46. The molecule has 0 bridgehead atoms. The monoisotopic (exact) mass is 420 g/mol. The van der Waals surface area contributed by atoms with Gasteiger partial charge in [0, 0.05) is 35.4 Å². The van der Waals surface area contributed by atoms with Gasteiger partial charge in [0.25, 0.3) is 0 Å². The van der Waals surface area contributed by atoms with Gasteiger partial charge in [0.2, 0.25) is 5.95 Å². The van der Waals surface area contributed by atoms with Gasteiger partial charge in [0.15, 0.2) is 0 Å². The second-order valence-corrected chi connectivity index (χ2v) is 7.34. The Balaban J connectivity index is 1.85. The molecule has 2 heterocycles. The van der Waals surface area contributed by atoms with Gasteiger partial charge in [-0.05, 0) is 25.3 Å². The number of hydrogen-bond acceptors (Lipinski definition) is 5. The molecule has 4 N–H and O–H groups in total. The molecule has 1 aliphatic rings. The molecule has 2 atom stereocenters. The third-order valence-corrected chi connectivity index (χ3v) is 5.54. The van der Waals surface area contributed by atoms with Crippen LogP contribution in [0.3, 0.4) is 0 Å². The number of fused-ring (bicyclic) bond motifs is 1. The van der Waals surface area contributed by atoms with Crippen LogP contribution in [-0.4, -0.2) is 27.0 Å². The smallest absolute Gasteiger partial charge is 0.359 e. The van der Waals surface area contributed by atoms with Gasteiger partial charge in [-0.15, -0.1) is 0 Å². The van der Waals surface area contributed by atoms with E-state index in [1.165, 1.54) is 12.3 Å². The summed E-state index contributed by atoms with van der Waals surface area (Å²) in [5.74, 6) is 0.0874. The maximum Gasteiger partial charge on any atom is 0.419 e. The van der Waals surface area contributed by atoms with E-state index in [9.17, 15) is 13.2 Å². The second-order valence-electron chi connectivity index (χ2n) is 6.96. The summed E-state index contributed by atoms with van der Waals surface area (Å²) in [7, 11) is 0. The molecule has 3 aromatic rings. The minimum absolute atomic E-state index is 0.0874. The van der Waals surface area contributed by atoms with Crippen LogP contribution in [0.2, 0.25) is 5.02 Å². The Bertz CT molecular complexity index is 1120. The number of alkyl halides is 3. The van der Waals surface area contributed by atoms with E-state index in [1.807, 2.05) is 6.07 Å². The van der Waals surface area contributed by atoms with Gasteiger partial charge in [-0.1, -0.05) is 17.7 Å². The van der Waals surface area contributed by atoms with E-state index in [4.69, 9.17) is 22.6 Å². The van der Waals surface area contributed by atoms with E-state index in [0.29, 0.717) is 10.9 Å². The zero-order chi connectivity index (χ0) is 20.8. The molecule has 6 nitrogen and oxygen atoms in total. The van der Waals surface area contributed by atoms with Crippen LogP contribution < -0.4 is 11.1 Å². The van der Waals surface area contributed by atoms with Crippen LogP contribution in [0.25, 0.3) is 22.2 Å². The first kappa shape index (κ1) is 19.5. The maximum absolute atomic E-state index is 13.6. The van der Waals surface area contributed by atoms with E-state index in [2.05, 4.69) is 20.3 Å². The number of nitrogens with one attached hydrogen (secondary N) is 2. The number of anilines is 1. The number of benzene rings is 1. The van der Waals surface area contributed by atoms with Gasteiger partial charge in [-0.2, -0.15) is 18.4 Å². The van der Waals surface area contributed by atoms with Crippen molar-refractivity contribution in [1.29, 1.82) is 5.26 Å². The van der Waals surface area contributed by atoms with Crippen LogP contribution in [0.1, 0.15) is 30.4 Å². The number of hydrogen-bond donors (Lipinski definition) is 3. The quantitative estimate of drug-likeness (QED) is 0.580. The zero-order valence-electron chi connectivity index (χ0n) is 15.0. The summed E-state index contributed by atoms with van der Waals surface area (Å²) in [4.78, 5) is 10.9. The van der Waals surface area contributed by atoms with E-state index < -0.39 is 11.7 Å². The SMILES string of the molecule is N#Cc1ccc2c(-c3nc(N[C@H]4CCC[C@@H]4N)ncc3C(F)(F)F)c[nH]c2c1Cl. The standard InChI is InChI=1S/C19H16ClF3N6/c20-15-9(6-24)4-5-10-11(7-26-17(10)15)16-12(19(21,22)23)8-27-18(29-16)28-14-3-1-2-13(14)25/h4-5,7-8,13-14,26H,1-3,25H2,(H,27,28,29)/t13-,14-/m0/s1. The lowest BCUT2D eigenvalue weighted by Gasteiger charge is -2.19. The summed E-state index contributed by atoms with van der Waals surface area (Å²) in [6, 6.07) is 4.78. The first-order valence-corrected chi connectivity index (χ1v) is 9.34. The number of halogens is 4. The molecule has 1 fully saturated rings. The Morgan fingerprint density at radius 3 is 2.76 bits per heavy atom. The highest BCUT2D eigenvalue weighted by Gasteiger charge is 2.36. The molecule has 0 spiro atoms. The molecule has 29 heavy (non-hydrogen) atoms. The Morgan fingerprint density at radius 1 is 1.31 bits per heavy atom. The van der Waals surface area contributed by atoms with Crippen LogP contribution in [0.5, 0.6) is 0 Å². The highest BCUT2D eigenvalue weighted by atomic mass is 35.5. The van der Waals surface area contributed by atoms with Crippen molar-refractivity contribution in [2.24, 2.45) is 5.73 Å². The van der Waals surface area contributed by atoms with Gasteiger partial charge in [-0.3, -0.25) is 0 Å². The first-order valence-electron chi connectivity index (χ1n) is 8.96. The molecule has 0 unspecified atom stereocenters. The zero-order valence-corrected chi connectivity index (χ0v) is 15.8. The molecule has 150 valence electrons. The van der Waals surface area contributed by atoms with Crippen molar-refractivity contribution in [2.75, 3.05) is 5.32 Å².